The molecule has 3 rings (SSSR count). The number of carbonyl (C=O) groups is 1. The number of para-hydroxylation sites is 1. The molecular formula is C23H33N2O. The van der Waals surface area contributed by atoms with Crippen molar-refractivity contribution in [2.75, 3.05) is 19.6 Å². The summed E-state index contributed by atoms with van der Waals surface area (Å²) in [6.45, 7) is 6.84. The first-order valence-electron chi connectivity index (χ1n) is 10.4. The van der Waals surface area contributed by atoms with Gasteiger partial charge in [0.25, 0.3) is 0 Å². The van der Waals surface area contributed by atoms with Crippen molar-refractivity contribution in [2.45, 2.75) is 64.8 Å². The van der Waals surface area contributed by atoms with Gasteiger partial charge in [-0.2, -0.15) is 0 Å². The lowest BCUT2D eigenvalue weighted by atomic mass is 10.0. The smallest absolute Gasteiger partial charge is 0.165 e. The number of unbranched alkanes of at least 4 members (excludes halogenated alkanes) is 3. The highest BCUT2D eigenvalue weighted by molar-refractivity contribution is 6.08. The van der Waals surface area contributed by atoms with Crippen molar-refractivity contribution in [2.24, 2.45) is 0 Å². The Labute approximate surface area is 158 Å². The van der Waals surface area contributed by atoms with Crippen LogP contribution in [0.25, 0.3) is 10.9 Å². The Hall–Kier alpha value is -1.61. The van der Waals surface area contributed by atoms with E-state index < -0.39 is 0 Å². The summed E-state index contributed by atoms with van der Waals surface area (Å²) in [4.78, 5) is 15.3. The molecule has 0 atom stereocenters. The number of benzene rings is 1. The van der Waals surface area contributed by atoms with Crippen LogP contribution >= 0.6 is 0 Å². The molecule has 1 aliphatic rings. The molecule has 141 valence electrons. The van der Waals surface area contributed by atoms with Gasteiger partial charge in [0.05, 0.1) is 0 Å². The third kappa shape index (κ3) is 4.97. The summed E-state index contributed by atoms with van der Waals surface area (Å²) in [5.41, 5.74) is 2.12. The van der Waals surface area contributed by atoms with Gasteiger partial charge in [0.2, 0.25) is 0 Å². The molecule has 0 spiro atoms. The number of ketones is 1. The Morgan fingerprint density at radius 1 is 1.00 bits per heavy atom. The van der Waals surface area contributed by atoms with Gasteiger partial charge in [0.1, 0.15) is 0 Å². The van der Waals surface area contributed by atoms with E-state index >= 15 is 0 Å². The average molecular weight is 354 g/mol. The molecule has 3 nitrogen and oxygen atoms in total. The van der Waals surface area contributed by atoms with E-state index in [2.05, 4.69) is 47.2 Å². The van der Waals surface area contributed by atoms with E-state index in [9.17, 15) is 4.79 Å². The molecule has 1 fully saturated rings. The maximum atomic E-state index is 12.8. The van der Waals surface area contributed by atoms with Gasteiger partial charge in [-0.25, -0.2) is 0 Å². The van der Waals surface area contributed by atoms with E-state index in [1.165, 1.54) is 50.8 Å². The number of aryl methyl sites for hydroxylation is 1. The fourth-order valence-electron chi connectivity index (χ4n) is 3.94. The normalized spacial score (nSPS) is 15.6. The zero-order chi connectivity index (χ0) is 18.2. The van der Waals surface area contributed by atoms with Crippen molar-refractivity contribution in [3.63, 3.8) is 0 Å². The van der Waals surface area contributed by atoms with Crippen molar-refractivity contribution in [1.82, 2.24) is 9.47 Å². The van der Waals surface area contributed by atoms with Gasteiger partial charge in [-0.15, -0.1) is 0 Å². The number of carbonyl (C=O) groups excluding carboxylic acids is 1. The van der Waals surface area contributed by atoms with Crippen molar-refractivity contribution >= 4 is 16.7 Å². The van der Waals surface area contributed by atoms with E-state index in [1.54, 1.807) is 0 Å². The van der Waals surface area contributed by atoms with Gasteiger partial charge in [-0.05, 0) is 64.2 Å². The molecule has 3 heteroatoms. The van der Waals surface area contributed by atoms with Gasteiger partial charge in [0.15, 0.2) is 5.78 Å². The summed E-state index contributed by atoms with van der Waals surface area (Å²) >= 11 is 0. The summed E-state index contributed by atoms with van der Waals surface area (Å²) in [6, 6.07) is 8.34. The quantitative estimate of drug-likeness (QED) is 0.417. The average Bonchev–Trinajstić information content (AvgIpc) is 3.06. The lowest BCUT2D eigenvalue weighted by Gasteiger charge is -2.26. The van der Waals surface area contributed by atoms with Crippen LogP contribution in [0.2, 0.25) is 0 Å². The lowest BCUT2D eigenvalue weighted by Crippen LogP contribution is -2.30. The Kier molecular flexibility index (Phi) is 7.31. The molecule has 1 saturated heterocycles. The molecule has 1 radical (unpaired) electrons. The minimum Gasteiger partial charge on any atom is -0.347 e. The highest BCUT2D eigenvalue weighted by atomic mass is 16.1. The van der Waals surface area contributed by atoms with Crippen molar-refractivity contribution in [1.29, 1.82) is 0 Å². The highest BCUT2D eigenvalue weighted by Gasteiger charge is 2.14. The highest BCUT2D eigenvalue weighted by Crippen LogP contribution is 2.24. The topological polar surface area (TPSA) is 25.2 Å². The summed E-state index contributed by atoms with van der Waals surface area (Å²) < 4.78 is 2.26. The van der Waals surface area contributed by atoms with E-state index in [0.29, 0.717) is 12.2 Å². The van der Waals surface area contributed by atoms with Gasteiger partial charge < -0.3 is 9.47 Å². The Morgan fingerprint density at radius 2 is 1.81 bits per heavy atom. The maximum absolute atomic E-state index is 12.8. The fourth-order valence-corrected chi connectivity index (χ4v) is 3.94. The zero-order valence-electron chi connectivity index (χ0n) is 16.3. The second-order valence-electron chi connectivity index (χ2n) is 7.55. The number of piperidine rings is 1. The molecule has 0 bridgehead atoms. The van der Waals surface area contributed by atoms with Crippen LogP contribution < -0.4 is 0 Å². The van der Waals surface area contributed by atoms with Crippen LogP contribution in [0.4, 0.5) is 0 Å². The number of hydrogen-bond donors (Lipinski definition) is 0. The standard InChI is InChI=1S/C23H33N2O/c1-2-3-18-25-19-21(20-12-7-8-13-22(20)25)23(26)14-6-4-9-15-24-16-10-5-11-17-24/h5,7-8,12-13,19H,2-4,6,9-11,14-18H2,1H3. The van der Waals surface area contributed by atoms with Crippen LogP contribution in [0.1, 0.15) is 68.6 Å². The fraction of sp³-hybridized carbons (Fsp3) is 0.565. The van der Waals surface area contributed by atoms with Crippen molar-refractivity contribution in [3.8, 4) is 0 Å². The third-order valence-corrected chi connectivity index (χ3v) is 5.52. The molecule has 0 saturated carbocycles. The zero-order valence-corrected chi connectivity index (χ0v) is 16.3. The molecule has 0 aliphatic carbocycles. The van der Waals surface area contributed by atoms with Crippen LogP contribution in [-0.4, -0.2) is 34.9 Å². The Balaban J connectivity index is 1.51. The summed E-state index contributed by atoms with van der Waals surface area (Å²) in [5.74, 6) is 0.309. The second-order valence-corrected chi connectivity index (χ2v) is 7.55. The Morgan fingerprint density at radius 3 is 2.62 bits per heavy atom. The predicted molar refractivity (Wildman–Crippen MR) is 110 cm³/mol. The van der Waals surface area contributed by atoms with Gasteiger partial charge in [0, 0.05) is 35.6 Å². The monoisotopic (exact) mass is 353 g/mol. The molecule has 2 aromatic rings. The van der Waals surface area contributed by atoms with Crippen molar-refractivity contribution < 1.29 is 4.79 Å². The minimum absolute atomic E-state index is 0.309. The first kappa shape index (κ1) is 19.2. The van der Waals surface area contributed by atoms with Crippen LogP contribution in [-0.2, 0) is 6.54 Å². The molecule has 2 heterocycles. The van der Waals surface area contributed by atoms with Crippen LogP contribution in [0.15, 0.2) is 30.5 Å². The molecule has 1 aromatic carbocycles. The van der Waals surface area contributed by atoms with Crippen LogP contribution in [0, 0.1) is 6.42 Å². The second kappa shape index (κ2) is 9.91. The number of fused-ring (bicyclic) bond motifs is 1. The number of aromatic nitrogens is 1. The molecule has 0 unspecified atom stereocenters. The molecule has 0 amide bonds. The van der Waals surface area contributed by atoms with E-state index in [-0.39, 0.29) is 0 Å². The number of hydrogen-bond acceptors (Lipinski definition) is 2. The number of likely N-dealkylation sites (tertiary alicyclic amines) is 1. The number of Topliss-reactive ketones (excluding diaryl/α,β-unsaturated/α-hetero) is 1. The van der Waals surface area contributed by atoms with E-state index in [0.717, 1.165) is 36.8 Å². The van der Waals surface area contributed by atoms with Crippen LogP contribution in [0.3, 0.4) is 0 Å². The Bertz CT molecular complexity index is 697. The summed E-state index contributed by atoms with van der Waals surface area (Å²) in [6.07, 6.45) is 13.3. The molecule has 1 aliphatic heterocycles. The summed E-state index contributed by atoms with van der Waals surface area (Å²) in [7, 11) is 0. The van der Waals surface area contributed by atoms with E-state index in [1.807, 2.05) is 6.07 Å². The maximum Gasteiger partial charge on any atom is 0.165 e. The first-order chi connectivity index (χ1) is 12.8. The number of rotatable bonds is 10. The van der Waals surface area contributed by atoms with Gasteiger partial charge in [-0.1, -0.05) is 38.0 Å². The number of nitrogens with zero attached hydrogens (tertiary/aromatic N) is 2. The molecule has 1 aromatic heterocycles. The van der Waals surface area contributed by atoms with Gasteiger partial charge in [-0.3, -0.25) is 4.79 Å². The van der Waals surface area contributed by atoms with Crippen LogP contribution in [0.5, 0.6) is 0 Å². The lowest BCUT2D eigenvalue weighted by molar-refractivity contribution is 0.0980. The minimum atomic E-state index is 0.309. The van der Waals surface area contributed by atoms with Gasteiger partial charge >= 0.3 is 0 Å². The first-order valence-corrected chi connectivity index (χ1v) is 10.4. The van der Waals surface area contributed by atoms with Crippen molar-refractivity contribution in [3.05, 3.63) is 42.4 Å². The van der Waals surface area contributed by atoms with E-state index in [4.69, 9.17) is 0 Å². The molecule has 26 heavy (non-hydrogen) atoms. The SMILES string of the molecule is CCCCn1cc(C(=O)CCCCCN2CC[CH]CC2)c2ccccc21. The third-order valence-electron chi connectivity index (χ3n) is 5.52. The molecular weight excluding hydrogens is 320 g/mol. The molecule has 0 N–H and O–H groups in total. The largest absolute Gasteiger partial charge is 0.347 e. The predicted octanol–water partition coefficient (Wildman–Crippen LogP) is 5.48. The summed E-state index contributed by atoms with van der Waals surface area (Å²) in [5, 5.41) is 1.12.